The fourth-order valence-electron chi connectivity index (χ4n) is 1.88. The summed E-state index contributed by atoms with van der Waals surface area (Å²) >= 11 is 3.39. The number of hydrogen-bond donors (Lipinski definition) is 0. The second kappa shape index (κ2) is 5.61. The van der Waals surface area contributed by atoms with Gasteiger partial charge in [0.25, 0.3) is 0 Å². The zero-order valence-corrected chi connectivity index (χ0v) is 12.3. The van der Waals surface area contributed by atoms with Crippen LogP contribution >= 0.6 is 15.9 Å². The van der Waals surface area contributed by atoms with Gasteiger partial charge < -0.3 is 4.74 Å². The number of carbonyl (C=O) groups is 1. The molecule has 0 aromatic heterocycles. The molecular weight excluding hydrogens is 337 g/mol. The number of esters is 1. The van der Waals surface area contributed by atoms with E-state index in [1.54, 1.807) is 24.3 Å². The third kappa shape index (κ3) is 2.92. The number of ether oxygens (including phenoxy) is 1. The lowest BCUT2D eigenvalue weighted by Crippen LogP contribution is -2.05. The van der Waals surface area contributed by atoms with Gasteiger partial charge in [-0.2, -0.15) is 0 Å². The SMILES string of the molecule is O=C1OC(c2ccccc2Br)=N/C1=C\c1ccc(F)cc1. The molecule has 0 N–H and O–H groups in total. The van der Waals surface area contributed by atoms with Crippen molar-refractivity contribution >= 4 is 33.9 Å². The van der Waals surface area contributed by atoms with E-state index in [9.17, 15) is 9.18 Å². The minimum Gasteiger partial charge on any atom is -0.402 e. The number of nitrogens with zero attached hydrogens (tertiary/aromatic N) is 1. The molecule has 0 amide bonds. The molecule has 0 radical (unpaired) electrons. The summed E-state index contributed by atoms with van der Waals surface area (Å²) < 4.78 is 18.8. The van der Waals surface area contributed by atoms with Crippen LogP contribution in [0.5, 0.6) is 0 Å². The third-order valence-corrected chi connectivity index (χ3v) is 3.59. The first kappa shape index (κ1) is 13.7. The summed E-state index contributed by atoms with van der Waals surface area (Å²) in [7, 11) is 0. The molecule has 0 saturated heterocycles. The molecule has 1 heterocycles. The minimum atomic E-state index is -0.523. The average Bonchev–Trinajstić information content (AvgIpc) is 2.83. The molecule has 2 aromatic carbocycles. The summed E-state index contributed by atoms with van der Waals surface area (Å²) in [5, 5.41) is 0. The van der Waals surface area contributed by atoms with Gasteiger partial charge in [-0.15, -0.1) is 0 Å². The Bertz CT molecular complexity index is 766. The van der Waals surface area contributed by atoms with Crippen LogP contribution in [0.1, 0.15) is 11.1 Å². The lowest BCUT2D eigenvalue weighted by Gasteiger charge is -2.01. The van der Waals surface area contributed by atoms with Crippen LogP contribution in [0.3, 0.4) is 0 Å². The molecule has 3 rings (SSSR count). The van der Waals surface area contributed by atoms with Gasteiger partial charge in [0.15, 0.2) is 5.70 Å². The molecule has 104 valence electrons. The highest BCUT2D eigenvalue weighted by molar-refractivity contribution is 9.10. The summed E-state index contributed by atoms with van der Waals surface area (Å²) in [5.41, 5.74) is 1.57. The van der Waals surface area contributed by atoms with Gasteiger partial charge in [-0.25, -0.2) is 14.2 Å². The monoisotopic (exact) mass is 345 g/mol. The summed E-state index contributed by atoms with van der Waals surface area (Å²) in [6.45, 7) is 0. The first-order valence-corrected chi connectivity index (χ1v) is 6.96. The van der Waals surface area contributed by atoms with Crippen molar-refractivity contribution in [3.8, 4) is 0 Å². The lowest BCUT2D eigenvalue weighted by atomic mass is 10.2. The van der Waals surface area contributed by atoms with Gasteiger partial charge in [-0.1, -0.05) is 24.3 Å². The minimum absolute atomic E-state index is 0.187. The van der Waals surface area contributed by atoms with Gasteiger partial charge in [-0.05, 0) is 51.8 Å². The van der Waals surface area contributed by atoms with E-state index in [0.29, 0.717) is 11.1 Å². The summed E-state index contributed by atoms with van der Waals surface area (Å²) in [6, 6.07) is 13.1. The van der Waals surface area contributed by atoms with Crippen LogP contribution in [-0.4, -0.2) is 11.9 Å². The standard InChI is InChI=1S/C16H9BrFNO2/c17-13-4-2-1-3-12(13)15-19-14(16(20)21-15)9-10-5-7-11(18)8-6-10/h1-9H/b14-9-. The summed E-state index contributed by atoms with van der Waals surface area (Å²) in [6.07, 6.45) is 1.56. The fraction of sp³-hybridized carbons (Fsp3) is 0. The van der Waals surface area contributed by atoms with Crippen molar-refractivity contribution in [1.29, 1.82) is 0 Å². The van der Waals surface area contributed by atoms with Crippen molar-refractivity contribution in [3.05, 3.63) is 75.6 Å². The Labute approximate surface area is 128 Å². The van der Waals surface area contributed by atoms with Crippen LogP contribution < -0.4 is 0 Å². The average molecular weight is 346 g/mol. The number of carbonyl (C=O) groups excluding carboxylic acids is 1. The molecule has 0 atom stereocenters. The number of benzene rings is 2. The van der Waals surface area contributed by atoms with Gasteiger partial charge in [0.2, 0.25) is 5.90 Å². The molecule has 21 heavy (non-hydrogen) atoms. The Morgan fingerprint density at radius 3 is 2.52 bits per heavy atom. The van der Waals surface area contributed by atoms with E-state index in [-0.39, 0.29) is 17.4 Å². The van der Waals surface area contributed by atoms with Gasteiger partial charge >= 0.3 is 5.97 Å². The zero-order chi connectivity index (χ0) is 14.8. The van der Waals surface area contributed by atoms with Gasteiger partial charge in [0, 0.05) is 4.47 Å². The van der Waals surface area contributed by atoms with Crippen LogP contribution in [0, 0.1) is 5.82 Å². The Balaban J connectivity index is 1.96. The van der Waals surface area contributed by atoms with E-state index in [4.69, 9.17) is 4.74 Å². The molecule has 0 spiro atoms. The lowest BCUT2D eigenvalue weighted by molar-refractivity contribution is -0.129. The van der Waals surface area contributed by atoms with Crippen molar-refractivity contribution in [3.63, 3.8) is 0 Å². The molecule has 1 aliphatic heterocycles. The summed E-state index contributed by atoms with van der Waals surface area (Å²) in [5.74, 6) is -0.602. The van der Waals surface area contributed by atoms with E-state index >= 15 is 0 Å². The molecule has 0 fully saturated rings. The van der Waals surface area contributed by atoms with E-state index in [0.717, 1.165) is 4.47 Å². The second-order valence-corrected chi connectivity index (χ2v) is 5.22. The Kier molecular flexibility index (Phi) is 3.66. The zero-order valence-electron chi connectivity index (χ0n) is 10.7. The molecule has 1 aliphatic rings. The molecule has 0 bridgehead atoms. The van der Waals surface area contributed by atoms with Crippen molar-refractivity contribution < 1.29 is 13.9 Å². The molecular formula is C16H9BrFNO2. The van der Waals surface area contributed by atoms with E-state index in [1.807, 2.05) is 18.2 Å². The molecule has 0 aliphatic carbocycles. The van der Waals surface area contributed by atoms with E-state index < -0.39 is 5.97 Å². The van der Waals surface area contributed by atoms with Gasteiger partial charge in [0.05, 0.1) is 5.56 Å². The van der Waals surface area contributed by atoms with Crippen molar-refractivity contribution in [2.45, 2.75) is 0 Å². The van der Waals surface area contributed by atoms with Crippen LogP contribution in [0.2, 0.25) is 0 Å². The molecule has 5 heteroatoms. The van der Waals surface area contributed by atoms with E-state index in [1.165, 1.54) is 12.1 Å². The summed E-state index contributed by atoms with van der Waals surface area (Å²) in [4.78, 5) is 16.0. The number of aliphatic imine (C=N–C) groups is 1. The Hall–Kier alpha value is -2.27. The number of halogens is 2. The molecule has 2 aromatic rings. The topological polar surface area (TPSA) is 38.7 Å². The van der Waals surface area contributed by atoms with Crippen LogP contribution in [-0.2, 0) is 9.53 Å². The van der Waals surface area contributed by atoms with Gasteiger partial charge in [-0.3, -0.25) is 0 Å². The normalized spacial score (nSPS) is 16.0. The van der Waals surface area contributed by atoms with Crippen molar-refractivity contribution in [1.82, 2.24) is 0 Å². The molecule has 0 saturated carbocycles. The quantitative estimate of drug-likeness (QED) is 0.610. The molecule has 0 unspecified atom stereocenters. The van der Waals surface area contributed by atoms with Crippen LogP contribution in [0.4, 0.5) is 4.39 Å². The number of hydrogen-bond acceptors (Lipinski definition) is 3. The van der Waals surface area contributed by atoms with Gasteiger partial charge in [0.1, 0.15) is 5.82 Å². The largest absolute Gasteiger partial charge is 0.402 e. The van der Waals surface area contributed by atoms with Crippen molar-refractivity contribution in [2.75, 3.05) is 0 Å². The maximum atomic E-state index is 12.9. The Morgan fingerprint density at radius 1 is 1.10 bits per heavy atom. The first-order valence-electron chi connectivity index (χ1n) is 6.16. The number of rotatable bonds is 2. The highest BCUT2D eigenvalue weighted by Crippen LogP contribution is 2.23. The fourth-order valence-corrected chi connectivity index (χ4v) is 2.33. The highest BCUT2D eigenvalue weighted by Gasteiger charge is 2.25. The predicted molar refractivity (Wildman–Crippen MR) is 81.1 cm³/mol. The number of cyclic esters (lactones) is 1. The maximum absolute atomic E-state index is 12.9. The van der Waals surface area contributed by atoms with E-state index in [2.05, 4.69) is 20.9 Å². The van der Waals surface area contributed by atoms with Crippen LogP contribution in [0.15, 0.2) is 63.7 Å². The first-order chi connectivity index (χ1) is 10.1. The maximum Gasteiger partial charge on any atom is 0.363 e. The van der Waals surface area contributed by atoms with Crippen molar-refractivity contribution in [2.24, 2.45) is 4.99 Å². The highest BCUT2D eigenvalue weighted by atomic mass is 79.9. The third-order valence-electron chi connectivity index (χ3n) is 2.90. The van der Waals surface area contributed by atoms with Crippen LogP contribution in [0.25, 0.3) is 6.08 Å². The smallest absolute Gasteiger partial charge is 0.363 e. The second-order valence-electron chi connectivity index (χ2n) is 4.37. The predicted octanol–water partition coefficient (Wildman–Crippen LogP) is 3.93. The Morgan fingerprint density at radius 2 is 1.81 bits per heavy atom. The molecule has 3 nitrogen and oxygen atoms in total.